The minimum absolute atomic E-state index is 0.581. The van der Waals surface area contributed by atoms with Gasteiger partial charge in [0.15, 0.2) is 0 Å². The molecule has 1 fully saturated rings. The zero-order valence-electron chi connectivity index (χ0n) is 8.17. The Hall–Kier alpha value is -0.990. The van der Waals surface area contributed by atoms with E-state index in [2.05, 4.69) is 0 Å². The third-order valence-corrected chi connectivity index (χ3v) is 2.64. The van der Waals surface area contributed by atoms with Crippen molar-refractivity contribution in [3.63, 3.8) is 0 Å². The van der Waals surface area contributed by atoms with Crippen molar-refractivity contribution < 1.29 is 14.6 Å². The van der Waals surface area contributed by atoms with E-state index in [9.17, 15) is 4.79 Å². The molecular formula is C10H16O3. The number of rotatable bonds is 2. The molecule has 1 aliphatic rings. The fraction of sp³-hybridized carbons (Fsp3) is 0.700. The third kappa shape index (κ3) is 2.23. The van der Waals surface area contributed by atoms with Gasteiger partial charge >= 0.3 is 5.97 Å². The minimum atomic E-state index is -0.700. The Morgan fingerprint density at radius 1 is 1.69 bits per heavy atom. The summed E-state index contributed by atoms with van der Waals surface area (Å²) >= 11 is 0. The van der Waals surface area contributed by atoms with Crippen LogP contribution in [-0.4, -0.2) is 18.2 Å². The molecule has 0 unspecified atom stereocenters. The number of carbonyl (C=O) groups is 1. The number of hydrogen-bond donors (Lipinski definition) is 1. The van der Waals surface area contributed by atoms with Crippen molar-refractivity contribution >= 4 is 5.97 Å². The zero-order valence-corrected chi connectivity index (χ0v) is 8.17. The summed E-state index contributed by atoms with van der Waals surface area (Å²) in [4.78, 5) is 11.0. The highest BCUT2D eigenvalue weighted by molar-refractivity contribution is 5.74. The van der Waals surface area contributed by atoms with Crippen LogP contribution < -0.4 is 0 Å². The molecule has 0 saturated heterocycles. The molecule has 0 aromatic rings. The van der Waals surface area contributed by atoms with Crippen LogP contribution in [0.4, 0.5) is 0 Å². The average molecular weight is 184 g/mol. The summed E-state index contributed by atoms with van der Waals surface area (Å²) < 4.78 is 4.90. The van der Waals surface area contributed by atoms with Crippen molar-refractivity contribution in [1.29, 1.82) is 0 Å². The SMILES string of the molecule is CO/C=C1\CCC[C@@](C)(C(=O)O)C1. The Kier molecular flexibility index (Phi) is 2.96. The second-order valence-electron chi connectivity index (χ2n) is 3.91. The van der Waals surface area contributed by atoms with Crippen LogP contribution in [0.5, 0.6) is 0 Å². The van der Waals surface area contributed by atoms with Crippen molar-refractivity contribution in [3.05, 3.63) is 11.8 Å². The van der Waals surface area contributed by atoms with Crippen molar-refractivity contribution in [2.24, 2.45) is 5.41 Å². The number of aliphatic carboxylic acids is 1. The van der Waals surface area contributed by atoms with E-state index >= 15 is 0 Å². The van der Waals surface area contributed by atoms with E-state index in [0.29, 0.717) is 6.42 Å². The lowest BCUT2D eigenvalue weighted by Gasteiger charge is -2.30. The highest BCUT2D eigenvalue weighted by atomic mass is 16.5. The smallest absolute Gasteiger partial charge is 0.309 e. The number of carboxylic acid groups (broad SMARTS) is 1. The molecule has 0 heterocycles. The first-order chi connectivity index (χ1) is 6.08. The van der Waals surface area contributed by atoms with Crippen LogP contribution in [0.2, 0.25) is 0 Å². The van der Waals surface area contributed by atoms with E-state index in [-0.39, 0.29) is 0 Å². The Labute approximate surface area is 78.4 Å². The standard InChI is InChI=1S/C10H16O3/c1-10(9(11)12)5-3-4-8(6-10)7-13-2/h7H,3-6H2,1-2H3,(H,11,12)/b8-7+/t10-/m1/s1. The molecular weight excluding hydrogens is 168 g/mol. The van der Waals surface area contributed by atoms with Gasteiger partial charge in [-0.05, 0) is 38.2 Å². The molecule has 0 amide bonds. The Morgan fingerprint density at radius 2 is 2.38 bits per heavy atom. The monoisotopic (exact) mass is 184 g/mol. The first-order valence-electron chi connectivity index (χ1n) is 4.52. The Balaban J connectivity index is 2.71. The quantitative estimate of drug-likeness (QED) is 0.669. The lowest BCUT2D eigenvalue weighted by atomic mass is 9.74. The van der Waals surface area contributed by atoms with Gasteiger partial charge in [0, 0.05) is 0 Å². The molecule has 0 aromatic carbocycles. The van der Waals surface area contributed by atoms with Gasteiger partial charge < -0.3 is 9.84 Å². The Bertz CT molecular complexity index is 232. The molecule has 74 valence electrons. The molecule has 0 radical (unpaired) electrons. The highest BCUT2D eigenvalue weighted by Gasteiger charge is 2.36. The van der Waals surface area contributed by atoms with Gasteiger partial charge in [-0.25, -0.2) is 0 Å². The molecule has 1 saturated carbocycles. The summed E-state index contributed by atoms with van der Waals surface area (Å²) in [5, 5.41) is 9.02. The summed E-state index contributed by atoms with van der Waals surface area (Å²) in [7, 11) is 1.60. The molecule has 1 N–H and O–H groups in total. The van der Waals surface area contributed by atoms with Crippen LogP contribution in [0.3, 0.4) is 0 Å². The number of carboxylic acids is 1. The van der Waals surface area contributed by atoms with E-state index in [1.165, 1.54) is 0 Å². The van der Waals surface area contributed by atoms with Gasteiger partial charge in [-0.1, -0.05) is 0 Å². The molecule has 0 aromatic heterocycles. The topological polar surface area (TPSA) is 46.5 Å². The van der Waals surface area contributed by atoms with Crippen molar-refractivity contribution in [2.45, 2.75) is 32.6 Å². The van der Waals surface area contributed by atoms with Crippen LogP contribution in [-0.2, 0) is 9.53 Å². The summed E-state index contributed by atoms with van der Waals surface area (Å²) in [6.45, 7) is 1.80. The normalized spacial score (nSPS) is 31.7. The molecule has 1 rings (SSSR count). The maximum Gasteiger partial charge on any atom is 0.309 e. The highest BCUT2D eigenvalue weighted by Crippen LogP contribution is 2.38. The molecule has 0 bridgehead atoms. The van der Waals surface area contributed by atoms with Crippen LogP contribution >= 0.6 is 0 Å². The first kappa shape index (κ1) is 10.1. The lowest BCUT2D eigenvalue weighted by molar-refractivity contribution is -0.148. The number of ether oxygens (including phenoxy) is 1. The van der Waals surface area contributed by atoms with E-state index in [4.69, 9.17) is 9.84 Å². The maximum atomic E-state index is 11.0. The average Bonchev–Trinajstić information content (AvgIpc) is 2.04. The largest absolute Gasteiger partial charge is 0.504 e. The van der Waals surface area contributed by atoms with Gasteiger partial charge in [0.1, 0.15) is 0 Å². The molecule has 3 heteroatoms. The summed E-state index contributed by atoms with van der Waals surface area (Å²) in [5.74, 6) is -0.700. The van der Waals surface area contributed by atoms with Gasteiger partial charge in [0.2, 0.25) is 0 Å². The third-order valence-electron chi connectivity index (χ3n) is 2.64. The van der Waals surface area contributed by atoms with Crippen LogP contribution in [0.25, 0.3) is 0 Å². The van der Waals surface area contributed by atoms with Crippen LogP contribution in [0.1, 0.15) is 32.6 Å². The van der Waals surface area contributed by atoms with E-state index in [0.717, 1.165) is 24.8 Å². The Morgan fingerprint density at radius 3 is 2.92 bits per heavy atom. The summed E-state index contributed by atoms with van der Waals surface area (Å²) in [5.41, 5.74) is 0.529. The van der Waals surface area contributed by atoms with Crippen molar-refractivity contribution in [1.82, 2.24) is 0 Å². The van der Waals surface area contributed by atoms with Crippen LogP contribution in [0.15, 0.2) is 11.8 Å². The second-order valence-corrected chi connectivity index (χ2v) is 3.91. The molecule has 0 aliphatic heterocycles. The molecule has 1 aliphatic carbocycles. The van der Waals surface area contributed by atoms with E-state index in [1.54, 1.807) is 20.3 Å². The lowest BCUT2D eigenvalue weighted by Crippen LogP contribution is -2.30. The van der Waals surface area contributed by atoms with E-state index < -0.39 is 11.4 Å². The molecule has 0 spiro atoms. The molecule has 13 heavy (non-hydrogen) atoms. The predicted octanol–water partition coefficient (Wildman–Crippen LogP) is 2.18. The number of allylic oxidation sites excluding steroid dienone is 1. The van der Waals surface area contributed by atoms with E-state index in [1.807, 2.05) is 0 Å². The van der Waals surface area contributed by atoms with Crippen molar-refractivity contribution in [2.75, 3.05) is 7.11 Å². The number of methoxy groups -OCH3 is 1. The fourth-order valence-corrected chi connectivity index (χ4v) is 1.83. The van der Waals surface area contributed by atoms with Gasteiger partial charge in [0.05, 0.1) is 18.8 Å². The maximum absolute atomic E-state index is 11.0. The van der Waals surface area contributed by atoms with Crippen molar-refractivity contribution in [3.8, 4) is 0 Å². The second kappa shape index (κ2) is 3.81. The predicted molar refractivity (Wildman–Crippen MR) is 49.3 cm³/mol. The molecule has 3 nitrogen and oxygen atoms in total. The summed E-state index contributed by atoms with van der Waals surface area (Å²) in [6.07, 6.45) is 4.98. The number of hydrogen-bond acceptors (Lipinski definition) is 2. The fourth-order valence-electron chi connectivity index (χ4n) is 1.83. The van der Waals surface area contributed by atoms with Gasteiger partial charge in [-0.3, -0.25) is 4.79 Å². The van der Waals surface area contributed by atoms with Gasteiger partial charge in [-0.15, -0.1) is 0 Å². The summed E-state index contributed by atoms with van der Waals surface area (Å²) in [6, 6.07) is 0. The minimum Gasteiger partial charge on any atom is -0.504 e. The zero-order chi connectivity index (χ0) is 9.90. The first-order valence-corrected chi connectivity index (χ1v) is 4.52. The van der Waals surface area contributed by atoms with Gasteiger partial charge in [-0.2, -0.15) is 0 Å². The molecule has 1 atom stereocenters. The van der Waals surface area contributed by atoms with Crippen LogP contribution in [0, 0.1) is 5.41 Å². The van der Waals surface area contributed by atoms with Gasteiger partial charge in [0.25, 0.3) is 0 Å².